The maximum atomic E-state index is 5.50. The van der Waals surface area contributed by atoms with E-state index in [0.717, 1.165) is 26.3 Å². The van der Waals surface area contributed by atoms with Gasteiger partial charge in [-0.25, -0.2) is 0 Å². The van der Waals surface area contributed by atoms with Crippen molar-refractivity contribution in [2.24, 2.45) is 0 Å². The standard InChI is InChI=1S/C15H24N2O/c1-11-7-13(3)15(8-12(11)2)17(4)9-14-10-18-6-5-16-14/h7-8,14,16H,5-6,9-10H2,1-4H3. The Morgan fingerprint density at radius 3 is 2.61 bits per heavy atom. The van der Waals surface area contributed by atoms with E-state index in [2.05, 4.69) is 50.2 Å². The van der Waals surface area contributed by atoms with Crippen LogP contribution in [0.1, 0.15) is 16.7 Å². The lowest BCUT2D eigenvalue weighted by atomic mass is 10.0. The quantitative estimate of drug-likeness (QED) is 0.886. The molecule has 0 saturated carbocycles. The summed E-state index contributed by atoms with van der Waals surface area (Å²) < 4.78 is 5.50. The van der Waals surface area contributed by atoms with E-state index in [9.17, 15) is 0 Å². The molecular weight excluding hydrogens is 224 g/mol. The van der Waals surface area contributed by atoms with Gasteiger partial charge in [-0.1, -0.05) is 6.07 Å². The van der Waals surface area contributed by atoms with Gasteiger partial charge in [0.05, 0.1) is 13.2 Å². The van der Waals surface area contributed by atoms with Gasteiger partial charge >= 0.3 is 0 Å². The van der Waals surface area contributed by atoms with E-state index in [1.54, 1.807) is 0 Å². The fourth-order valence-electron chi connectivity index (χ4n) is 2.52. The number of morpholine rings is 1. The van der Waals surface area contributed by atoms with Gasteiger partial charge in [-0.3, -0.25) is 0 Å². The zero-order valence-corrected chi connectivity index (χ0v) is 11.9. The third-order valence-corrected chi connectivity index (χ3v) is 3.72. The molecule has 0 radical (unpaired) electrons. The number of nitrogens with one attached hydrogen (secondary N) is 1. The Labute approximate surface area is 110 Å². The highest BCUT2D eigenvalue weighted by Gasteiger charge is 2.16. The van der Waals surface area contributed by atoms with Gasteiger partial charge in [0.2, 0.25) is 0 Å². The van der Waals surface area contributed by atoms with E-state index in [1.165, 1.54) is 22.4 Å². The molecule has 1 saturated heterocycles. The van der Waals surface area contributed by atoms with E-state index < -0.39 is 0 Å². The van der Waals surface area contributed by atoms with Crippen LogP contribution in [0.25, 0.3) is 0 Å². The monoisotopic (exact) mass is 248 g/mol. The maximum Gasteiger partial charge on any atom is 0.0637 e. The Morgan fingerprint density at radius 2 is 1.94 bits per heavy atom. The molecule has 1 fully saturated rings. The Morgan fingerprint density at radius 1 is 1.22 bits per heavy atom. The molecule has 100 valence electrons. The molecule has 2 rings (SSSR count). The number of anilines is 1. The highest BCUT2D eigenvalue weighted by Crippen LogP contribution is 2.23. The first-order chi connectivity index (χ1) is 8.58. The van der Waals surface area contributed by atoms with Crippen LogP contribution < -0.4 is 10.2 Å². The Balaban J connectivity index is 2.08. The molecule has 18 heavy (non-hydrogen) atoms. The number of ether oxygens (including phenoxy) is 1. The minimum Gasteiger partial charge on any atom is -0.378 e. The maximum absolute atomic E-state index is 5.50. The van der Waals surface area contributed by atoms with Crippen LogP contribution >= 0.6 is 0 Å². The van der Waals surface area contributed by atoms with Gasteiger partial charge < -0.3 is 15.0 Å². The van der Waals surface area contributed by atoms with Crippen LogP contribution in [0.4, 0.5) is 5.69 Å². The molecule has 0 aliphatic carbocycles. The van der Waals surface area contributed by atoms with Crippen molar-refractivity contribution in [3.05, 3.63) is 28.8 Å². The van der Waals surface area contributed by atoms with Gasteiger partial charge in [-0.05, 0) is 43.5 Å². The van der Waals surface area contributed by atoms with Crippen molar-refractivity contribution >= 4 is 5.69 Å². The van der Waals surface area contributed by atoms with E-state index >= 15 is 0 Å². The predicted octanol–water partition coefficient (Wildman–Crippen LogP) is 2.04. The van der Waals surface area contributed by atoms with Gasteiger partial charge in [-0.15, -0.1) is 0 Å². The summed E-state index contributed by atoms with van der Waals surface area (Å²) in [4.78, 5) is 2.33. The van der Waals surface area contributed by atoms with Gasteiger partial charge in [0.15, 0.2) is 0 Å². The normalized spacial score (nSPS) is 19.9. The van der Waals surface area contributed by atoms with Crippen LogP contribution in [0.3, 0.4) is 0 Å². The number of hydrogen-bond acceptors (Lipinski definition) is 3. The smallest absolute Gasteiger partial charge is 0.0637 e. The van der Waals surface area contributed by atoms with Crippen molar-refractivity contribution in [3.63, 3.8) is 0 Å². The highest BCUT2D eigenvalue weighted by molar-refractivity contribution is 5.56. The molecule has 0 spiro atoms. The summed E-state index contributed by atoms with van der Waals surface area (Å²) in [6, 6.07) is 4.99. The summed E-state index contributed by atoms with van der Waals surface area (Å²) >= 11 is 0. The van der Waals surface area contributed by atoms with Crippen LogP contribution in [0.15, 0.2) is 12.1 Å². The molecule has 0 amide bonds. The molecule has 1 unspecified atom stereocenters. The first-order valence-corrected chi connectivity index (χ1v) is 6.68. The lowest BCUT2D eigenvalue weighted by molar-refractivity contribution is 0.0791. The van der Waals surface area contributed by atoms with Crippen LogP contribution in [-0.2, 0) is 4.74 Å². The zero-order chi connectivity index (χ0) is 13.1. The van der Waals surface area contributed by atoms with E-state index in [0.29, 0.717) is 6.04 Å². The average Bonchev–Trinajstić information content (AvgIpc) is 2.35. The lowest BCUT2D eigenvalue weighted by Crippen LogP contribution is -2.47. The third kappa shape index (κ3) is 3.03. The van der Waals surface area contributed by atoms with Gasteiger partial charge in [-0.2, -0.15) is 0 Å². The molecule has 1 atom stereocenters. The van der Waals surface area contributed by atoms with Crippen molar-refractivity contribution in [2.45, 2.75) is 26.8 Å². The number of benzene rings is 1. The Hall–Kier alpha value is -1.06. The van der Waals surface area contributed by atoms with E-state index in [1.807, 2.05) is 0 Å². The molecule has 0 bridgehead atoms. The van der Waals surface area contributed by atoms with Crippen molar-refractivity contribution in [1.29, 1.82) is 0 Å². The molecular formula is C15H24N2O. The highest BCUT2D eigenvalue weighted by atomic mass is 16.5. The first kappa shape index (κ1) is 13.4. The fourth-order valence-corrected chi connectivity index (χ4v) is 2.52. The van der Waals surface area contributed by atoms with E-state index in [4.69, 9.17) is 4.74 Å². The van der Waals surface area contributed by atoms with Crippen molar-refractivity contribution in [3.8, 4) is 0 Å². The summed E-state index contributed by atoms with van der Waals surface area (Å²) in [5.41, 5.74) is 5.39. The molecule has 0 aromatic heterocycles. The van der Waals surface area contributed by atoms with Gasteiger partial charge in [0.25, 0.3) is 0 Å². The summed E-state index contributed by atoms with van der Waals surface area (Å²) in [6.07, 6.45) is 0. The fraction of sp³-hybridized carbons (Fsp3) is 0.600. The van der Waals surface area contributed by atoms with Crippen LogP contribution in [-0.4, -0.2) is 39.4 Å². The predicted molar refractivity (Wildman–Crippen MR) is 76.5 cm³/mol. The summed E-state index contributed by atoms with van der Waals surface area (Å²) in [6.45, 7) is 10.1. The van der Waals surface area contributed by atoms with Crippen molar-refractivity contribution < 1.29 is 4.74 Å². The van der Waals surface area contributed by atoms with Crippen molar-refractivity contribution in [2.75, 3.05) is 38.3 Å². The molecule has 1 aliphatic rings. The van der Waals surface area contributed by atoms with E-state index in [-0.39, 0.29) is 0 Å². The average molecular weight is 248 g/mol. The van der Waals surface area contributed by atoms with Crippen molar-refractivity contribution in [1.82, 2.24) is 5.32 Å². The van der Waals surface area contributed by atoms with Crippen LogP contribution in [0.2, 0.25) is 0 Å². The molecule has 3 heteroatoms. The minimum absolute atomic E-state index is 0.435. The molecule has 3 nitrogen and oxygen atoms in total. The molecule has 1 heterocycles. The lowest BCUT2D eigenvalue weighted by Gasteiger charge is -2.30. The first-order valence-electron chi connectivity index (χ1n) is 6.68. The largest absolute Gasteiger partial charge is 0.378 e. The number of likely N-dealkylation sites (N-methyl/N-ethyl adjacent to an activating group) is 1. The van der Waals surface area contributed by atoms with Gasteiger partial charge in [0, 0.05) is 31.9 Å². The molecule has 1 N–H and O–H groups in total. The van der Waals surface area contributed by atoms with Crippen LogP contribution in [0, 0.1) is 20.8 Å². The SMILES string of the molecule is Cc1cc(C)c(N(C)CC2COCCN2)cc1C. The zero-order valence-electron chi connectivity index (χ0n) is 11.9. The third-order valence-electron chi connectivity index (χ3n) is 3.72. The second-order valence-electron chi connectivity index (χ2n) is 5.33. The topological polar surface area (TPSA) is 24.5 Å². The second-order valence-corrected chi connectivity index (χ2v) is 5.33. The minimum atomic E-state index is 0.435. The van der Waals surface area contributed by atoms with Gasteiger partial charge in [0.1, 0.15) is 0 Å². The molecule has 1 aromatic rings. The second kappa shape index (κ2) is 5.72. The molecule has 1 aromatic carbocycles. The summed E-state index contributed by atoms with van der Waals surface area (Å²) in [5, 5.41) is 3.50. The number of rotatable bonds is 3. The summed E-state index contributed by atoms with van der Waals surface area (Å²) in [7, 11) is 2.16. The Kier molecular flexibility index (Phi) is 4.25. The number of nitrogens with zero attached hydrogens (tertiary/aromatic N) is 1. The Bertz CT molecular complexity index is 411. The number of aryl methyl sites for hydroxylation is 3. The summed E-state index contributed by atoms with van der Waals surface area (Å²) in [5.74, 6) is 0. The number of hydrogen-bond donors (Lipinski definition) is 1. The van der Waals surface area contributed by atoms with Crippen LogP contribution in [0.5, 0.6) is 0 Å². The molecule has 1 aliphatic heterocycles.